The Morgan fingerprint density at radius 2 is 1.92 bits per heavy atom. The van der Waals surface area contributed by atoms with Crippen LogP contribution in [0.5, 0.6) is 0 Å². The minimum Gasteiger partial charge on any atom is -0.544 e. The summed E-state index contributed by atoms with van der Waals surface area (Å²) in [5.41, 5.74) is 5.33. The molecule has 0 fully saturated rings. The summed E-state index contributed by atoms with van der Waals surface area (Å²) in [6.07, 6.45) is 2.37. The lowest BCUT2D eigenvalue weighted by Crippen LogP contribution is -2.54. The highest BCUT2D eigenvalue weighted by Gasteiger charge is 2.23. The molecule has 0 spiro atoms. The van der Waals surface area contributed by atoms with E-state index in [1.54, 1.807) is 0 Å². The monoisotopic (exact) mass is 188 g/mol. The number of hydrogen-bond donors (Lipinski definition) is 1. The van der Waals surface area contributed by atoms with Crippen LogP contribution in [0.15, 0.2) is 0 Å². The number of likely N-dealkylation sites (N-methyl/N-ethyl adjacent to an activating group) is 1. The van der Waals surface area contributed by atoms with Gasteiger partial charge in [-0.3, -0.25) is 0 Å². The summed E-state index contributed by atoms with van der Waals surface area (Å²) in [7, 11) is 5.59. The van der Waals surface area contributed by atoms with Crippen molar-refractivity contribution < 1.29 is 14.4 Å². The van der Waals surface area contributed by atoms with Gasteiger partial charge in [-0.2, -0.15) is 0 Å². The molecule has 0 amide bonds. The van der Waals surface area contributed by atoms with Gasteiger partial charge in [0, 0.05) is 6.42 Å². The summed E-state index contributed by atoms with van der Waals surface area (Å²) < 4.78 is 0.410. The fourth-order valence-electron chi connectivity index (χ4n) is 1.30. The van der Waals surface area contributed by atoms with Gasteiger partial charge in [-0.25, -0.2) is 0 Å². The Morgan fingerprint density at radius 3 is 2.23 bits per heavy atom. The predicted octanol–water partition coefficient (Wildman–Crippen LogP) is -1.06. The van der Waals surface area contributed by atoms with E-state index in [0.717, 1.165) is 12.8 Å². The van der Waals surface area contributed by atoms with E-state index in [4.69, 9.17) is 5.73 Å². The molecule has 0 radical (unpaired) electrons. The second kappa shape index (κ2) is 5.19. The molecule has 0 saturated carbocycles. The van der Waals surface area contributed by atoms with E-state index in [1.807, 2.05) is 21.1 Å². The third-order valence-corrected chi connectivity index (χ3v) is 2.14. The van der Waals surface area contributed by atoms with Gasteiger partial charge < -0.3 is 20.1 Å². The van der Waals surface area contributed by atoms with Crippen LogP contribution in [-0.4, -0.2) is 44.2 Å². The second-order valence-corrected chi connectivity index (χ2v) is 4.24. The van der Waals surface area contributed by atoms with E-state index in [-0.39, 0.29) is 0 Å². The number of carboxylic acids is 1. The topological polar surface area (TPSA) is 66.2 Å². The van der Waals surface area contributed by atoms with Crippen molar-refractivity contribution in [3.05, 3.63) is 0 Å². The summed E-state index contributed by atoms with van der Waals surface area (Å²) in [4.78, 5) is 10.8. The molecule has 0 aromatic carbocycles. The second-order valence-electron chi connectivity index (χ2n) is 4.24. The van der Waals surface area contributed by atoms with Crippen molar-refractivity contribution in [2.75, 3.05) is 27.7 Å². The minimum absolute atomic E-state index is 0.410. The molecule has 4 heteroatoms. The zero-order chi connectivity index (χ0) is 10.5. The van der Waals surface area contributed by atoms with Crippen molar-refractivity contribution in [1.82, 2.24) is 0 Å². The first kappa shape index (κ1) is 12.4. The molecule has 4 nitrogen and oxygen atoms in total. The maximum absolute atomic E-state index is 10.8. The number of nitrogens with two attached hydrogens (primary N) is 1. The highest BCUT2D eigenvalue weighted by Crippen LogP contribution is 2.10. The molecule has 0 rings (SSSR count). The maximum Gasteiger partial charge on any atom is 0.129 e. The van der Waals surface area contributed by atoms with Gasteiger partial charge in [0.05, 0.1) is 27.1 Å². The molecule has 0 aromatic rings. The van der Waals surface area contributed by atoms with E-state index in [9.17, 15) is 9.90 Å². The summed E-state index contributed by atoms with van der Waals surface area (Å²) in [6, 6.07) is -0.424. The number of rotatable bonds is 6. The SMILES string of the molecule is C[N+](C)(C)C(CCCCN)C(=O)[O-]. The van der Waals surface area contributed by atoms with Gasteiger partial charge >= 0.3 is 0 Å². The number of quaternary nitrogens is 1. The van der Waals surface area contributed by atoms with Crippen LogP contribution in [0.2, 0.25) is 0 Å². The lowest BCUT2D eigenvalue weighted by atomic mass is 10.1. The first-order chi connectivity index (χ1) is 5.89. The third kappa shape index (κ3) is 4.85. The highest BCUT2D eigenvalue weighted by molar-refractivity contribution is 5.69. The number of nitrogens with zero attached hydrogens (tertiary/aromatic N) is 1. The molecule has 13 heavy (non-hydrogen) atoms. The zero-order valence-corrected chi connectivity index (χ0v) is 8.75. The lowest BCUT2D eigenvalue weighted by molar-refractivity contribution is -0.889. The fraction of sp³-hybridized carbons (Fsp3) is 0.889. The summed E-state index contributed by atoms with van der Waals surface area (Å²) in [5.74, 6) is -0.968. The molecule has 1 atom stereocenters. The van der Waals surface area contributed by atoms with Crippen molar-refractivity contribution in [1.29, 1.82) is 0 Å². The Kier molecular flexibility index (Phi) is 4.95. The minimum atomic E-state index is -0.968. The quantitative estimate of drug-likeness (QED) is 0.427. The Balaban J connectivity index is 4.04. The van der Waals surface area contributed by atoms with E-state index in [0.29, 0.717) is 17.4 Å². The van der Waals surface area contributed by atoms with E-state index in [1.165, 1.54) is 0 Å². The number of carbonyl (C=O) groups is 1. The molecular weight excluding hydrogens is 168 g/mol. The van der Waals surface area contributed by atoms with Crippen LogP contribution in [0.25, 0.3) is 0 Å². The third-order valence-electron chi connectivity index (χ3n) is 2.14. The molecular formula is C9H20N2O2. The van der Waals surface area contributed by atoms with Crippen LogP contribution >= 0.6 is 0 Å². The zero-order valence-electron chi connectivity index (χ0n) is 8.75. The number of carboxylic acid groups (broad SMARTS) is 1. The van der Waals surface area contributed by atoms with Gasteiger partial charge in [-0.05, 0) is 19.4 Å². The van der Waals surface area contributed by atoms with Gasteiger partial charge in [-0.15, -0.1) is 0 Å². The molecule has 0 aromatic heterocycles. The van der Waals surface area contributed by atoms with Crippen LogP contribution < -0.4 is 10.8 Å². The first-order valence-electron chi connectivity index (χ1n) is 4.61. The van der Waals surface area contributed by atoms with Crippen LogP contribution in [0.4, 0.5) is 0 Å². The smallest absolute Gasteiger partial charge is 0.129 e. The van der Waals surface area contributed by atoms with Crippen molar-refractivity contribution >= 4 is 5.97 Å². The van der Waals surface area contributed by atoms with Crippen LogP contribution in [0.3, 0.4) is 0 Å². The maximum atomic E-state index is 10.8. The van der Waals surface area contributed by atoms with Crippen LogP contribution in [0.1, 0.15) is 19.3 Å². The van der Waals surface area contributed by atoms with E-state index in [2.05, 4.69) is 0 Å². The summed E-state index contributed by atoms with van der Waals surface area (Å²) in [6.45, 7) is 0.622. The van der Waals surface area contributed by atoms with E-state index >= 15 is 0 Å². The molecule has 0 saturated heterocycles. The normalized spacial score (nSPS) is 14.2. The highest BCUT2D eigenvalue weighted by atomic mass is 16.4. The Hall–Kier alpha value is -0.610. The standard InChI is InChI=1S/C9H20N2O2/c1-11(2,3)8(9(12)13)6-4-5-7-10/h8H,4-7,10H2,1-3H3. The molecule has 1 unspecified atom stereocenters. The van der Waals surface area contributed by atoms with Crippen LogP contribution in [-0.2, 0) is 4.79 Å². The van der Waals surface area contributed by atoms with Gasteiger partial charge in [0.2, 0.25) is 0 Å². The average molecular weight is 188 g/mol. The predicted molar refractivity (Wildman–Crippen MR) is 49.7 cm³/mol. The molecule has 78 valence electrons. The molecule has 2 N–H and O–H groups in total. The summed E-state index contributed by atoms with van der Waals surface area (Å²) in [5, 5.41) is 10.8. The Labute approximate surface area is 79.9 Å². The van der Waals surface area contributed by atoms with Crippen LogP contribution in [0, 0.1) is 0 Å². The van der Waals surface area contributed by atoms with Gasteiger partial charge in [0.25, 0.3) is 0 Å². The summed E-state index contributed by atoms with van der Waals surface area (Å²) >= 11 is 0. The molecule has 0 heterocycles. The fourth-order valence-corrected chi connectivity index (χ4v) is 1.30. The molecule has 0 aliphatic rings. The van der Waals surface area contributed by atoms with E-state index < -0.39 is 12.0 Å². The number of hydrogen-bond acceptors (Lipinski definition) is 3. The van der Waals surface area contributed by atoms with Gasteiger partial charge in [-0.1, -0.05) is 0 Å². The first-order valence-corrected chi connectivity index (χ1v) is 4.61. The molecule has 0 bridgehead atoms. The molecule has 0 aliphatic carbocycles. The number of aliphatic carboxylic acids is 1. The number of unbranched alkanes of at least 4 members (excludes halogenated alkanes) is 1. The number of carbonyl (C=O) groups excluding carboxylic acids is 1. The van der Waals surface area contributed by atoms with Crippen molar-refractivity contribution in [2.24, 2.45) is 5.73 Å². The average Bonchev–Trinajstić information content (AvgIpc) is 1.94. The lowest BCUT2D eigenvalue weighted by Gasteiger charge is -2.34. The van der Waals surface area contributed by atoms with Gasteiger partial charge in [0.15, 0.2) is 0 Å². The van der Waals surface area contributed by atoms with Crippen molar-refractivity contribution in [3.63, 3.8) is 0 Å². The van der Waals surface area contributed by atoms with Gasteiger partial charge in [0.1, 0.15) is 6.04 Å². The van der Waals surface area contributed by atoms with Crippen molar-refractivity contribution in [2.45, 2.75) is 25.3 Å². The Bertz CT molecular complexity index is 163. The van der Waals surface area contributed by atoms with Crippen molar-refractivity contribution in [3.8, 4) is 0 Å². The molecule has 0 aliphatic heterocycles. The Morgan fingerprint density at radius 1 is 1.38 bits per heavy atom. The largest absolute Gasteiger partial charge is 0.544 e.